The zero-order chi connectivity index (χ0) is 21.7. The van der Waals surface area contributed by atoms with Crippen LogP contribution in [0.2, 0.25) is 0 Å². The molecule has 3 amide bonds. The van der Waals surface area contributed by atoms with Crippen molar-refractivity contribution in [2.45, 2.75) is 59.0 Å². The van der Waals surface area contributed by atoms with Crippen LogP contribution in [0.1, 0.15) is 52.3 Å². The molecule has 3 N–H and O–H groups in total. The van der Waals surface area contributed by atoms with E-state index in [4.69, 9.17) is 0 Å². The predicted octanol–water partition coefficient (Wildman–Crippen LogP) is 2.85. The zero-order valence-electron chi connectivity index (χ0n) is 17.9. The van der Waals surface area contributed by atoms with E-state index in [1.165, 1.54) is 17.8 Å². The first-order valence-electron chi connectivity index (χ1n) is 10.7. The minimum atomic E-state index is -0.436. The SMILES string of the molecule is CCCN(CC(=O)NC(=O)N[C@@H]1CCC[C@@H](C)[C@H]1C)Cc1nc2ccsc2c(=O)[nH]1. The van der Waals surface area contributed by atoms with Crippen LogP contribution >= 0.6 is 11.3 Å². The van der Waals surface area contributed by atoms with Gasteiger partial charge in [0.05, 0.1) is 18.6 Å². The lowest BCUT2D eigenvalue weighted by Gasteiger charge is -2.34. The molecule has 30 heavy (non-hydrogen) atoms. The summed E-state index contributed by atoms with van der Waals surface area (Å²) >= 11 is 1.36. The molecule has 3 atom stereocenters. The van der Waals surface area contributed by atoms with Gasteiger partial charge in [0.15, 0.2) is 0 Å². The lowest BCUT2D eigenvalue weighted by Crippen LogP contribution is -2.51. The van der Waals surface area contributed by atoms with Crippen molar-refractivity contribution in [2.75, 3.05) is 13.1 Å². The smallest absolute Gasteiger partial charge is 0.321 e. The van der Waals surface area contributed by atoms with Crippen molar-refractivity contribution in [2.24, 2.45) is 11.8 Å². The van der Waals surface area contributed by atoms with Gasteiger partial charge < -0.3 is 10.3 Å². The summed E-state index contributed by atoms with van der Waals surface area (Å²) in [6.45, 7) is 7.41. The molecule has 3 rings (SSSR count). The van der Waals surface area contributed by atoms with E-state index in [9.17, 15) is 14.4 Å². The summed E-state index contributed by atoms with van der Waals surface area (Å²) in [6, 6.07) is 1.47. The van der Waals surface area contributed by atoms with Gasteiger partial charge in [0.2, 0.25) is 5.91 Å². The molecule has 0 bridgehead atoms. The molecule has 1 aliphatic carbocycles. The molecule has 0 radical (unpaired) electrons. The number of thiophene rings is 1. The number of hydrogen-bond donors (Lipinski definition) is 3. The van der Waals surface area contributed by atoms with Crippen LogP contribution in [-0.2, 0) is 11.3 Å². The standard InChI is InChI=1S/C21H31N5O3S/c1-4-9-26(11-17-22-16-8-10-30-19(16)20(28)24-17)12-18(27)25-21(29)23-15-7-5-6-13(2)14(15)3/h8,10,13-15H,4-7,9,11-12H2,1-3H3,(H,22,24,28)(H2,23,25,27,29)/t13-,14-,15-/m1/s1. The largest absolute Gasteiger partial charge is 0.335 e. The Morgan fingerprint density at radius 3 is 2.90 bits per heavy atom. The third-order valence-corrected chi connectivity index (χ3v) is 6.82. The van der Waals surface area contributed by atoms with Crippen molar-refractivity contribution < 1.29 is 9.59 Å². The zero-order valence-corrected chi connectivity index (χ0v) is 18.7. The number of aromatic amines is 1. The van der Waals surface area contributed by atoms with Crippen LogP contribution in [0.15, 0.2) is 16.2 Å². The second-order valence-corrected chi connectivity index (χ2v) is 9.17. The molecule has 0 spiro atoms. The highest BCUT2D eigenvalue weighted by molar-refractivity contribution is 7.17. The van der Waals surface area contributed by atoms with E-state index in [1.54, 1.807) is 0 Å². The number of nitrogens with zero attached hydrogens (tertiary/aromatic N) is 2. The van der Waals surface area contributed by atoms with Crippen molar-refractivity contribution in [1.82, 2.24) is 25.5 Å². The summed E-state index contributed by atoms with van der Waals surface area (Å²) in [5.41, 5.74) is 0.496. The van der Waals surface area contributed by atoms with E-state index in [2.05, 4.69) is 34.4 Å². The lowest BCUT2D eigenvalue weighted by molar-refractivity contribution is -0.121. The molecule has 0 saturated heterocycles. The highest BCUT2D eigenvalue weighted by atomic mass is 32.1. The Hall–Kier alpha value is -2.26. The van der Waals surface area contributed by atoms with Crippen molar-refractivity contribution >= 4 is 33.5 Å². The van der Waals surface area contributed by atoms with Gasteiger partial charge in [-0.25, -0.2) is 9.78 Å². The average molecular weight is 434 g/mol. The highest BCUT2D eigenvalue weighted by Gasteiger charge is 2.28. The number of carbonyl (C=O) groups excluding carboxylic acids is 2. The molecule has 0 aromatic carbocycles. The molecule has 0 unspecified atom stereocenters. The molecule has 2 aromatic heterocycles. The fourth-order valence-corrected chi connectivity index (χ4v) is 4.82. The second kappa shape index (κ2) is 10.2. The second-order valence-electron chi connectivity index (χ2n) is 8.25. The van der Waals surface area contributed by atoms with Crippen molar-refractivity contribution in [3.63, 3.8) is 0 Å². The molecule has 1 aliphatic rings. The van der Waals surface area contributed by atoms with Gasteiger partial charge in [0.1, 0.15) is 10.5 Å². The Kier molecular flexibility index (Phi) is 7.60. The van der Waals surface area contributed by atoms with Crippen LogP contribution in [0.25, 0.3) is 10.2 Å². The molecule has 0 aliphatic heterocycles. The summed E-state index contributed by atoms with van der Waals surface area (Å²) in [7, 11) is 0. The average Bonchev–Trinajstić information content (AvgIpc) is 3.14. The number of rotatable bonds is 7. The predicted molar refractivity (Wildman–Crippen MR) is 118 cm³/mol. The maximum absolute atomic E-state index is 12.5. The number of amides is 3. The van der Waals surface area contributed by atoms with Crippen molar-refractivity contribution in [1.29, 1.82) is 0 Å². The molecule has 2 aromatic rings. The molecule has 1 fully saturated rings. The molecule has 8 nitrogen and oxygen atoms in total. The minimum absolute atomic E-state index is 0.0588. The first-order chi connectivity index (χ1) is 14.4. The van der Waals surface area contributed by atoms with E-state index in [1.807, 2.05) is 23.3 Å². The first-order valence-corrected chi connectivity index (χ1v) is 11.5. The van der Waals surface area contributed by atoms with E-state index >= 15 is 0 Å². The van der Waals surface area contributed by atoms with E-state index in [-0.39, 0.29) is 24.1 Å². The number of urea groups is 1. The van der Waals surface area contributed by atoms with Gasteiger partial charge in [0.25, 0.3) is 5.56 Å². The van der Waals surface area contributed by atoms with E-state index < -0.39 is 6.03 Å². The Morgan fingerprint density at radius 1 is 1.33 bits per heavy atom. The number of nitrogens with one attached hydrogen (secondary N) is 3. The third kappa shape index (κ3) is 5.66. The maximum atomic E-state index is 12.5. The molecule has 2 heterocycles. The van der Waals surface area contributed by atoms with Crippen LogP contribution in [0.3, 0.4) is 0 Å². The fourth-order valence-electron chi connectivity index (χ4n) is 4.10. The molecule has 1 saturated carbocycles. The van der Waals surface area contributed by atoms with E-state index in [0.29, 0.717) is 41.0 Å². The van der Waals surface area contributed by atoms with Crippen molar-refractivity contribution in [3.8, 4) is 0 Å². The Morgan fingerprint density at radius 2 is 2.13 bits per heavy atom. The summed E-state index contributed by atoms with van der Waals surface area (Å²) < 4.78 is 0.599. The maximum Gasteiger partial charge on any atom is 0.321 e. The van der Waals surface area contributed by atoms with Gasteiger partial charge in [-0.15, -0.1) is 11.3 Å². The van der Waals surface area contributed by atoms with Gasteiger partial charge in [-0.3, -0.25) is 19.8 Å². The van der Waals surface area contributed by atoms with Crippen LogP contribution in [0, 0.1) is 11.8 Å². The number of hydrogen-bond acceptors (Lipinski definition) is 6. The van der Waals surface area contributed by atoms with Gasteiger partial charge >= 0.3 is 6.03 Å². The van der Waals surface area contributed by atoms with Crippen LogP contribution < -0.4 is 16.2 Å². The number of fused-ring (bicyclic) bond motifs is 1. The molecule has 164 valence electrons. The Bertz CT molecular complexity index is 940. The Balaban J connectivity index is 1.56. The van der Waals surface area contributed by atoms with Gasteiger partial charge in [0, 0.05) is 6.04 Å². The number of carbonyl (C=O) groups is 2. The summed E-state index contributed by atoms with van der Waals surface area (Å²) in [5.74, 6) is 1.11. The lowest BCUT2D eigenvalue weighted by atomic mass is 9.78. The minimum Gasteiger partial charge on any atom is -0.335 e. The topological polar surface area (TPSA) is 107 Å². The van der Waals surface area contributed by atoms with Gasteiger partial charge in [-0.05, 0) is 42.7 Å². The molecular weight excluding hydrogens is 402 g/mol. The highest BCUT2D eigenvalue weighted by Crippen LogP contribution is 2.29. The first kappa shape index (κ1) is 22.4. The monoisotopic (exact) mass is 433 g/mol. The van der Waals surface area contributed by atoms with Crippen LogP contribution in [0.4, 0.5) is 4.79 Å². The van der Waals surface area contributed by atoms with Crippen LogP contribution in [-0.4, -0.2) is 45.9 Å². The van der Waals surface area contributed by atoms with Gasteiger partial charge in [-0.2, -0.15) is 0 Å². The summed E-state index contributed by atoms with van der Waals surface area (Å²) in [5, 5.41) is 7.25. The fraction of sp³-hybridized carbons (Fsp3) is 0.619. The third-order valence-electron chi connectivity index (χ3n) is 5.92. The summed E-state index contributed by atoms with van der Waals surface area (Å²) in [4.78, 5) is 46.1. The van der Waals surface area contributed by atoms with E-state index in [0.717, 1.165) is 19.3 Å². The molecule has 9 heteroatoms. The number of H-pyrrole nitrogens is 1. The summed E-state index contributed by atoms with van der Waals surface area (Å²) in [6.07, 6.45) is 4.05. The van der Waals surface area contributed by atoms with Gasteiger partial charge in [-0.1, -0.05) is 33.6 Å². The van der Waals surface area contributed by atoms with Crippen LogP contribution in [0.5, 0.6) is 0 Å². The molecular formula is C21H31N5O3S. The number of aromatic nitrogens is 2. The number of imide groups is 1. The quantitative estimate of drug-likeness (QED) is 0.622. The Labute approximate surface area is 180 Å². The normalized spacial score (nSPS) is 21.7. The van der Waals surface area contributed by atoms with Crippen molar-refractivity contribution in [3.05, 3.63) is 27.6 Å².